The van der Waals surface area contributed by atoms with Gasteiger partial charge in [-0.2, -0.15) is 0 Å². The molecule has 21 heavy (non-hydrogen) atoms. The van der Waals surface area contributed by atoms with Crippen molar-refractivity contribution in [2.75, 3.05) is 33.4 Å². The Hall–Kier alpha value is -1.81. The Kier molecular flexibility index (Phi) is 5.81. The molecule has 1 amide bonds. The third-order valence-corrected chi connectivity index (χ3v) is 3.81. The van der Waals surface area contributed by atoms with Crippen LogP contribution in [0.25, 0.3) is 0 Å². The van der Waals surface area contributed by atoms with Gasteiger partial charge in [0, 0.05) is 25.3 Å². The van der Waals surface area contributed by atoms with Crippen LogP contribution in [0.3, 0.4) is 0 Å². The van der Waals surface area contributed by atoms with Crippen molar-refractivity contribution in [1.29, 1.82) is 0 Å². The van der Waals surface area contributed by atoms with Crippen molar-refractivity contribution in [3.63, 3.8) is 0 Å². The molecule has 4 nitrogen and oxygen atoms in total. The van der Waals surface area contributed by atoms with Crippen molar-refractivity contribution in [3.05, 3.63) is 42.5 Å². The van der Waals surface area contributed by atoms with Gasteiger partial charge in [-0.15, -0.1) is 6.58 Å². The Bertz CT molecular complexity index is 479. The number of carbonyl (C=O) groups excluding carboxylic acids is 1. The minimum Gasteiger partial charge on any atom is -0.497 e. The molecule has 0 unspecified atom stereocenters. The van der Waals surface area contributed by atoms with Gasteiger partial charge in [0.1, 0.15) is 5.75 Å². The molecule has 1 saturated heterocycles. The third-order valence-electron chi connectivity index (χ3n) is 3.81. The lowest BCUT2D eigenvalue weighted by Gasteiger charge is -2.32. The van der Waals surface area contributed by atoms with E-state index in [2.05, 4.69) is 6.58 Å². The van der Waals surface area contributed by atoms with Crippen molar-refractivity contribution in [3.8, 4) is 5.75 Å². The van der Waals surface area contributed by atoms with Gasteiger partial charge < -0.3 is 14.4 Å². The van der Waals surface area contributed by atoms with E-state index in [9.17, 15) is 4.79 Å². The van der Waals surface area contributed by atoms with Gasteiger partial charge in [-0.05, 0) is 37.0 Å². The van der Waals surface area contributed by atoms with Crippen LogP contribution in [0.15, 0.2) is 36.9 Å². The summed E-state index contributed by atoms with van der Waals surface area (Å²) in [5.41, 5.74) is 0.690. The molecule has 2 rings (SSSR count). The maximum absolute atomic E-state index is 12.5. The molecule has 0 bridgehead atoms. The SMILES string of the molecule is C=CCOCC1CCN(C(=O)c2cccc(OC)c2)CC1. The first kappa shape index (κ1) is 15.6. The summed E-state index contributed by atoms with van der Waals surface area (Å²) in [5, 5.41) is 0. The molecule has 1 aromatic carbocycles. The third kappa shape index (κ3) is 4.33. The monoisotopic (exact) mass is 289 g/mol. The van der Waals surface area contributed by atoms with E-state index in [1.54, 1.807) is 19.3 Å². The zero-order chi connectivity index (χ0) is 15.1. The Morgan fingerprint density at radius 1 is 1.43 bits per heavy atom. The minimum absolute atomic E-state index is 0.0827. The summed E-state index contributed by atoms with van der Waals surface area (Å²) in [6.07, 6.45) is 3.75. The minimum atomic E-state index is 0.0827. The average Bonchev–Trinajstić information content (AvgIpc) is 2.55. The molecule has 0 radical (unpaired) electrons. The first-order valence-electron chi connectivity index (χ1n) is 7.36. The molecule has 1 fully saturated rings. The van der Waals surface area contributed by atoms with Crippen LogP contribution in [0.1, 0.15) is 23.2 Å². The first-order chi connectivity index (χ1) is 10.2. The Morgan fingerprint density at radius 2 is 2.19 bits per heavy atom. The molecular formula is C17H23NO3. The average molecular weight is 289 g/mol. The predicted molar refractivity (Wildman–Crippen MR) is 82.6 cm³/mol. The van der Waals surface area contributed by atoms with Gasteiger partial charge in [0.15, 0.2) is 0 Å². The van der Waals surface area contributed by atoms with Gasteiger partial charge in [-0.1, -0.05) is 12.1 Å². The summed E-state index contributed by atoms with van der Waals surface area (Å²) < 4.78 is 10.7. The van der Waals surface area contributed by atoms with E-state index in [1.807, 2.05) is 23.1 Å². The maximum Gasteiger partial charge on any atom is 0.253 e. The second-order valence-corrected chi connectivity index (χ2v) is 5.29. The van der Waals surface area contributed by atoms with Crippen molar-refractivity contribution in [1.82, 2.24) is 4.90 Å². The van der Waals surface area contributed by atoms with Gasteiger partial charge in [0.05, 0.1) is 13.7 Å². The Labute approximate surface area is 126 Å². The lowest BCUT2D eigenvalue weighted by molar-refractivity contribution is 0.0575. The second-order valence-electron chi connectivity index (χ2n) is 5.29. The van der Waals surface area contributed by atoms with Crippen LogP contribution in [0.4, 0.5) is 0 Å². The summed E-state index contributed by atoms with van der Waals surface area (Å²) in [5.74, 6) is 1.34. The molecule has 1 heterocycles. The predicted octanol–water partition coefficient (Wildman–Crippen LogP) is 2.75. The molecule has 0 saturated carbocycles. The molecule has 0 aromatic heterocycles. The molecule has 0 aliphatic carbocycles. The molecular weight excluding hydrogens is 266 g/mol. The largest absolute Gasteiger partial charge is 0.497 e. The molecule has 1 aliphatic rings. The summed E-state index contributed by atoms with van der Waals surface area (Å²) in [6.45, 7) is 6.58. The summed E-state index contributed by atoms with van der Waals surface area (Å²) in [4.78, 5) is 14.4. The van der Waals surface area contributed by atoms with Crippen LogP contribution in [0.2, 0.25) is 0 Å². The van der Waals surface area contributed by atoms with E-state index in [4.69, 9.17) is 9.47 Å². The van der Waals surface area contributed by atoms with Gasteiger partial charge in [-0.3, -0.25) is 4.79 Å². The smallest absolute Gasteiger partial charge is 0.253 e. The lowest BCUT2D eigenvalue weighted by Crippen LogP contribution is -2.39. The number of ether oxygens (including phenoxy) is 2. The molecule has 114 valence electrons. The highest BCUT2D eigenvalue weighted by molar-refractivity contribution is 5.94. The number of piperidine rings is 1. The number of rotatable bonds is 6. The van der Waals surface area contributed by atoms with Gasteiger partial charge in [0.2, 0.25) is 0 Å². The van der Waals surface area contributed by atoms with Crippen LogP contribution in [0.5, 0.6) is 5.75 Å². The zero-order valence-electron chi connectivity index (χ0n) is 12.6. The topological polar surface area (TPSA) is 38.8 Å². The van der Waals surface area contributed by atoms with Gasteiger partial charge in [0.25, 0.3) is 5.91 Å². The molecule has 0 N–H and O–H groups in total. The van der Waals surface area contributed by atoms with Crippen molar-refractivity contribution in [2.45, 2.75) is 12.8 Å². The molecule has 4 heteroatoms. The maximum atomic E-state index is 12.5. The zero-order valence-corrected chi connectivity index (χ0v) is 12.6. The van der Waals surface area contributed by atoms with Gasteiger partial charge in [-0.25, -0.2) is 0 Å². The molecule has 0 spiro atoms. The Morgan fingerprint density at radius 3 is 2.86 bits per heavy atom. The number of hydrogen-bond donors (Lipinski definition) is 0. The van der Waals surface area contributed by atoms with Crippen molar-refractivity contribution >= 4 is 5.91 Å². The highest BCUT2D eigenvalue weighted by atomic mass is 16.5. The number of nitrogens with zero attached hydrogens (tertiary/aromatic N) is 1. The fraction of sp³-hybridized carbons (Fsp3) is 0.471. The van der Waals surface area contributed by atoms with Crippen molar-refractivity contribution in [2.24, 2.45) is 5.92 Å². The van der Waals surface area contributed by atoms with E-state index < -0.39 is 0 Å². The number of likely N-dealkylation sites (tertiary alicyclic amines) is 1. The molecule has 0 atom stereocenters. The highest BCUT2D eigenvalue weighted by Crippen LogP contribution is 2.21. The summed E-state index contributed by atoms with van der Waals surface area (Å²) in [6, 6.07) is 7.33. The lowest BCUT2D eigenvalue weighted by atomic mass is 9.97. The molecule has 1 aliphatic heterocycles. The second kappa shape index (κ2) is 7.84. The highest BCUT2D eigenvalue weighted by Gasteiger charge is 2.23. The quantitative estimate of drug-likeness (QED) is 0.597. The van der Waals surface area contributed by atoms with Crippen LogP contribution >= 0.6 is 0 Å². The number of benzene rings is 1. The van der Waals surface area contributed by atoms with E-state index >= 15 is 0 Å². The number of carbonyl (C=O) groups is 1. The van der Waals surface area contributed by atoms with E-state index in [0.717, 1.165) is 32.5 Å². The number of amides is 1. The van der Waals surface area contributed by atoms with Crippen molar-refractivity contribution < 1.29 is 14.3 Å². The van der Waals surface area contributed by atoms with Crippen LogP contribution in [0, 0.1) is 5.92 Å². The van der Waals surface area contributed by atoms with E-state index in [0.29, 0.717) is 23.8 Å². The van der Waals surface area contributed by atoms with Crippen LogP contribution in [-0.2, 0) is 4.74 Å². The van der Waals surface area contributed by atoms with Crippen LogP contribution in [-0.4, -0.2) is 44.2 Å². The fourth-order valence-electron chi connectivity index (χ4n) is 2.56. The van der Waals surface area contributed by atoms with E-state index in [1.165, 1.54) is 0 Å². The first-order valence-corrected chi connectivity index (χ1v) is 7.36. The Balaban J connectivity index is 1.86. The molecule has 1 aromatic rings. The number of methoxy groups -OCH3 is 1. The normalized spacial score (nSPS) is 15.8. The standard InChI is InChI=1S/C17H23NO3/c1-3-11-21-13-14-7-9-18(10-8-14)17(19)15-5-4-6-16(12-15)20-2/h3-6,12,14H,1,7-11,13H2,2H3. The summed E-state index contributed by atoms with van der Waals surface area (Å²) in [7, 11) is 1.61. The fourth-order valence-corrected chi connectivity index (χ4v) is 2.56. The van der Waals surface area contributed by atoms with E-state index in [-0.39, 0.29) is 5.91 Å². The van der Waals surface area contributed by atoms with Gasteiger partial charge >= 0.3 is 0 Å². The summed E-state index contributed by atoms with van der Waals surface area (Å²) >= 11 is 0. The number of hydrogen-bond acceptors (Lipinski definition) is 3. The van der Waals surface area contributed by atoms with Crippen LogP contribution < -0.4 is 4.74 Å².